The minimum Gasteiger partial charge on any atom is -0.467 e. The zero-order valence-electron chi connectivity index (χ0n) is 16.0. The number of nitrogens with zero attached hydrogens (tertiary/aromatic N) is 3. The van der Waals surface area contributed by atoms with Crippen molar-refractivity contribution >= 4 is 38.8 Å². The third-order valence-electron chi connectivity index (χ3n) is 5.33. The Morgan fingerprint density at radius 2 is 2.00 bits per heavy atom. The summed E-state index contributed by atoms with van der Waals surface area (Å²) in [6.07, 6.45) is 4.79. The van der Waals surface area contributed by atoms with Crippen molar-refractivity contribution in [1.29, 1.82) is 0 Å². The standard InChI is InChI=1S/C21H22N4O3S/c26-18(24-14-4-6-15(7-5-14)25-8-10-27-11-9-25)12-28-20-19-16-2-1-3-17(16)29-21(19)23-13-22-20/h4-7,13H,1-3,8-12H2,(H,24,26). The van der Waals surface area contributed by atoms with Crippen molar-refractivity contribution in [3.05, 3.63) is 41.0 Å². The molecule has 1 aliphatic heterocycles. The van der Waals surface area contributed by atoms with Gasteiger partial charge in [0, 0.05) is 29.3 Å². The minimum absolute atomic E-state index is 0.0814. The average molecular weight is 410 g/mol. The third-order valence-corrected chi connectivity index (χ3v) is 6.53. The van der Waals surface area contributed by atoms with Gasteiger partial charge in [-0.3, -0.25) is 4.79 Å². The number of amides is 1. The van der Waals surface area contributed by atoms with Crippen LogP contribution in [-0.2, 0) is 22.4 Å². The summed E-state index contributed by atoms with van der Waals surface area (Å²) in [6.45, 7) is 3.19. The first-order valence-corrected chi connectivity index (χ1v) is 10.7. The highest BCUT2D eigenvalue weighted by Crippen LogP contribution is 2.39. The summed E-state index contributed by atoms with van der Waals surface area (Å²) in [6, 6.07) is 7.86. The van der Waals surface area contributed by atoms with Crippen LogP contribution in [0.25, 0.3) is 10.2 Å². The maximum absolute atomic E-state index is 12.4. The fraction of sp³-hybridized carbons (Fsp3) is 0.381. The monoisotopic (exact) mass is 410 g/mol. The molecule has 8 heteroatoms. The first kappa shape index (κ1) is 18.3. The van der Waals surface area contributed by atoms with Crippen molar-refractivity contribution in [3.63, 3.8) is 0 Å². The molecule has 1 fully saturated rings. The fourth-order valence-electron chi connectivity index (χ4n) is 3.92. The van der Waals surface area contributed by atoms with Gasteiger partial charge in [-0.05, 0) is 49.1 Å². The number of ether oxygens (including phenoxy) is 2. The van der Waals surface area contributed by atoms with E-state index in [4.69, 9.17) is 9.47 Å². The predicted molar refractivity (Wildman–Crippen MR) is 113 cm³/mol. The van der Waals surface area contributed by atoms with E-state index in [9.17, 15) is 4.79 Å². The summed E-state index contributed by atoms with van der Waals surface area (Å²) in [5.41, 5.74) is 3.18. The molecule has 29 heavy (non-hydrogen) atoms. The smallest absolute Gasteiger partial charge is 0.262 e. The van der Waals surface area contributed by atoms with Gasteiger partial charge in [0.1, 0.15) is 11.2 Å². The number of anilines is 2. The molecule has 1 aliphatic carbocycles. The number of benzene rings is 1. The fourth-order valence-corrected chi connectivity index (χ4v) is 5.14. The Morgan fingerprint density at radius 1 is 1.17 bits per heavy atom. The van der Waals surface area contributed by atoms with Crippen LogP contribution in [0.4, 0.5) is 11.4 Å². The van der Waals surface area contributed by atoms with E-state index < -0.39 is 0 Å². The van der Waals surface area contributed by atoms with Crippen molar-refractivity contribution in [2.45, 2.75) is 19.3 Å². The zero-order chi connectivity index (χ0) is 19.6. The van der Waals surface area contributed by atoms with Gasteiger partial charge < -0.3 is 19.7 Å². The molecule has 0 spiro atoms. The molecule has 2 aromatic heterocycles. The molecule has 0 bridgehead atoms. The van der Waals surface area contributed by atoms with Crippen LogP contribution in [0.15, 0.2) is 30.6 Å². The summed E-state index contributed by atoms with van der Waals surface area (Å²) in [4.78, 5) is 25.6. The second kappa shape index (κ2) is 7.96. The zero-order valence-corrected chi connectivity index (χ0v) is 16.8. The second-order valence-electron chi connectivity index (χ2n) is 7.20. The van der Waals surface area contributed by atoms with Gasteiger partial charge in [0.15, 0.2) is 6.61 Å². The molecule has 1 N–H and O–H groups in total. The highest BCUT2D eigenvalue weighted by Gasteiger charge is 2.22. The van der Waals surface area contributed by atoms with E-state index in [-0.39, 0.29) is 12.5 Å². The first-order chi connectivity index (χ1) is 14.3. The Bertz CT molecular complexity index is 1030. The number of fused-ring (bicyclic) bond motifs is 3. The number of morpholine rings is 1. The minimum atomic E-state index is -0.206. The van der Waals surface area contributed by atoms with Gasteiger partial charge in [-0.25, -0.2) is 9.97 Å². The summed E-state index contributed by atoms with van der Waals surface area (Å²) in [7, 11) is 0. The van der Waals surface area contributed by atoms with Crippen LogP contribution in [0.2, 0.25) is 0 Å². The number of rotatable bonds is 5. The van der Waals surface area contributed by atoms with Gasteiger partial charge in [0.2, 0.25) is 5.88 Å². The van der Waals surface area contributed by atoms with Gasteiger partial charge in [0.05, 0.1) is 18.6 Å². The Morgan fingerprint density at radius 3 is 2.83 bits per heavy atom. The third kappa shape index (κ3) is 3.77. The molecule has 0 atom stereocenters. The first-order valence-electron chi connectivity index (χ1n) is 9.88. The average Bonchev–Trinajstić information content (AvgIpc) is 3.35. The van der Waals surface area contributed by atoms with E-state index in [1.807, 2.05) is 24.3 Å². The molecule has 2 aliphatic rings. The van der Waals surface area contributed by atoms with E-state index in [1.54, 1.807) is 11.3 Å². The molecule has 3 aromatic rings. The van der Waals surface area contributed by atoms with Gasteiger partial charge in [-0.1, -0.05) is 0 Å². The second-order valence-corrected chi connectivity index (χ2v) is 8.28. The van der Waals surface area contributed by atoms with Crippen molar-refractivity contribution in [2.24, 2.45) is 0 Å². The van der Waals surface area contributed by atoms with Crippen LogP contribution >= 0.6 is 11.3 Å². The Kier molecular flexibility index (Phi) is 5.03. The largest absolute Gasteiger partial charge is 0.467 e. The number of nitrogens with one attached hydrogen (secondary N) is 1. The van der Waals surface area contributed by atoms with Gasteiger partial charge in [-0.15, -0.1) is 11.3 Å². The Labute approximate surface area is 172 Å². The lowest BCUT2D eigenvalue weighted by Gasteiger charge is -2.28. The molecule has 0 radical (unpaired) electrons. The van der Waals surface area contributed by atoms with Crippen molar-refractivity contribution in [1.82, 2.24) is 9.97 Å². The Hall–Kier alpha value is -2.71. The molecular formula is C21H22N4O3S. The van der Waals surface area contributed by atoms with Crippen LogP contribution in [0, 0.1) is 0 Å². The molecular weight excluding hydrogens is 388 g/mol. The van der Waals surface area contributed by atoms with Crippen LogP contribution in [0.5, 0.6) is 5.88 Å². The van der Waals surface area contributed by atoms with Gasteiger partial charge in [-0.2, -0.15) is 0 Å². The summed E-state index contributed by atoms with van der Waals surface area (Å²) in [5, 5.41) is 3.87. The number of hydrogen-bond acceptors (Lipinski definition) is 7. The number of carbonyl (C=O) groups excluding carboxylic acids is 1. The number of hydrogen-bond donors (Lipinski definition) is 1. The molecule has 1 aromatic carbocycles. The van der Waals surface area contributed by atoms with Crippen LogP contribution in [-0.4, -0.2) is 48.8 Å². The maximum atomic E-state index is 12.4. The predicted octanol–water partition coefficient (Wildman–Crippen LogP) is 3.03. The normalized spacial score (nSPS) is 16.1. The van der Waals surface area contributed by atoms with Crippen molar-refractivity contribution in [2.75, 3.05) is 43.1 Å². The molecule has 7 nitrogen and oxygen atoms in total. The van der Waals surface area contributed by atoms with E-state index in [1.165, 1.54) is 16.8 Å². The summed E-state index contributed by atoms with van der Waals surface area (Å²) < 4.78 is 11.2. The Balaban J connectivity index is 1.22. The lowest BCUT2D eigenvalue weighted by Crippen LogP contribution is -2.36. The lowest BCUT2D eigenvalue weighted by atomic mass is 10.2. The number of aryl methyl sites for hydroxylation is 2. The molecule has 150 valence electrons. The molecule has 1 saturated heterocycles. The number of thiophene rings is 1. The van der Waals surface area contributed by atoms with Crippen LogP contribution in [0.3, 0.4) is 0 Å². The van der Waals surface area contributed by atoms with Crippen molar-refractivity contribution < 1.29 is 14.3 Å². The van der Waals surface area contributed by atoms with E-state index in [2.05, 4.69) is 20.2 Å². The quantitative estimate of drug-likeness (QED) is 0.697. The summed E-state index contributed by atoms with van der Waals surface area (Å²) in [5.74, 6) is 0.301. The van der Waals surface area contributed by atoms with E-state index in [0.717, 1.165) is 67.2 Å². The van der Waals surface area contributed by atoms with Crippen LogP contribution < -0.4 is 15.0 Å². The summed E-state index contributed by atoms with van der Waals surface area (Å²) >= 11 is 1.71. The number of aromatic nitrogens is 2. The van der Waals surface area contributed by atoms with Gasteiger partial charge in [0.25, 0.3) is 5.91 Å². The molecule has 3 heterocycles. The maximum Gasteiger partial charge on any atom is 0.262 e. The number of carbonyl (C=O) groups is 1. The molecule has 5 rings (SSSR count). The SMILES string of the molecule is O=C(COc1ncnc2sc3c(c12)CCC3)Nc1ccc(N2CCOCC2)cc1. The molecule has 1 amide bonds. The lowest BCUT2D eigenvalue weighted by molar-refractivity contribution is -0.118. The highest BCUT2D eigenvalue weighted by atomic mass is 32.1. The molecule has 0 saturated carbocycles. The molecule has 0 unspecified atom stereocenters. The van der Waals surface area contributed by atoms with Gasteiger partial charge >= 0.3 is 0 Å². The van der Waals surface area contributed by atoms with Crippen LogP contribution in [0.1, 0.15) is 16.9 Å². The van der Waals surface area contributed by atoms with E-state index in [0.29, 0.717) is 5.88 Å². The topological polar surface area (TPSA) is 76.6 Å². The van der Waals surface area contributed by atoms with Crippen molar-refractivity contribution in [3.8, 4) is 5.88 Å². The highest BCUT2D eigenvalue weighted by molar-refractivity contribution is 7.18. The van der Waals surface area contributed by atoms with E-state index >= 15 is 0 Å².